The minimum atomic E-state index is -3.33. The molecule has 16 heavy (non-hydrogen) atoms. The van der Waals surface area contributed by atoms with Crippen molar-refractivity contribution in [1.29, 1.82) is 0 Å². The molecule has 0 aliphatic rings. The highest BCUT2D eigenvalue weighted by atomic mass is 32.2. The molecule has 1 aromatic rings. The van der Waals surface area contributed by atoms with Crippen LogP contribution < -0.4 is 9.46 Å². The summed E-state index contributed by atoms with van der Waals surface area (Å²) in [4.78, 5) is 8.00. The Morgan fingerprint density at radius 2 is 2.12 bits per heavy atom. The Morgan fingerprint density at radius 1 is 1.44 bits per heavy atom. The van der Waals surface area contributed by atoms with E-state index in [2.05, 4.69) is 14.7 Å². The Balaban J connectivity index is 3.04. The van der Waals surface area contributed by atoms with Crippen molar-refractivity contribution in [2.24, 2.45) is 0 Å². The van der Waals surface area contributed by atoms with Gasteiger partial charge in [-0.2, -0.15) is 4.98 Å². The number of aryl methyl sites for hydroxylation is 1. The van der Waals surface area contributed by atoms with E-state index in [4.69, 9.17) is 4.74 Å². The molecule has 0 amide bonds. The van der Waals surface area contributed by atoms with Gasteiger partial charge in [-0.3, -0.25) is 4.72 Å². The fourth-order valence-corrected chi connectivity index (χ4v) is 1.68. The van der Waals surface area contributed by atoms with Crippen molar-refractivity contribution >= 4 is 15.8 Å². The first kappa shape index (κ1) is 12.7. The number of rotatable bonds is 5. The molecule has 0 aromatic carbocycles. The van der Waals surface area contributed by atoms with E-state index >= 15 is 0 Å². The summed E-state index contributed by atoms with van der Waals surface area (Å²) in [5.74, 6) is 0.234. The number of ether oxygens (including phenoxy) is 1. The first-order valence-corrected chi connectivity index (χ1v) is 6.73. The van der Waals surface area contributed by atoms with Crippen LogP contribution in [0.3, 0.4) is 0 Å². The van der Waals surface area contributed by atoms with Crippen LogP contribution in [-0.4, -0.2) is 31.8 Å². The molecule has 0 saturated heterocycles. The zero-order valence-electron chi connectivity index (χ0n) is 9.52. The van der Waals surface area contributed by atoms with Gasteiger partial charge in [-0.1, -0.05) is 13.3 Å². The van der Waals surface area contributed by atoms with Crippen LogP contribution in [0.2, 0.25) is 0 Å². The second-order valence-electron chi connectivity index (χ2n) is 3.36. The van der Waals surface area contributed by atoms with E-state index < -0.39 is 10.0 Å². The van der Waals surface area contributed by atoms with Crippen LogP contribution in [0, 0.1) is 0 Å². The molecule has 0 aliphatic carbocycles. The number of nitrogens with zero attached hydrogens (tertiary/aromatic N) is 2. The highest BCUT2D eigenvalue weighted by molar-refractivity contribution is 7.92. The van der Waals surface area contributed by atoms with Gasteiger partial charge in [0, 0.05) is 11.8 Å². The summed E-state index contributed by atoms with van der Waals surface area (Å²) >= 11 is 0. The summed E-state index contributed by atoms with van der Waals surface area (Å²) in [5.41, 5.74) is 0.750. The van der Waals surface area contributed by atoms with Crippen LogP contribution in [0.25, 0.3) is 0 Å². The molecule has 0 saturated carbocycles. The lowest BCUT2D eigenvalue weighted by molar-refractivity contribution is 0.378. The van der Waals surface area contributed by atoms with Gasteiger partial charge in [0.1, 0.15) is 5.82 Å². The summed E-state index contributed by atoms with van der Waals surface area (Å²) in [7, 11) is -1.89. The Kier molecular flexibility index (Phi) is 4.05. The molecule has 0 atom stereocenters. The van der Waals surface area contributed by atoms with E-state index in [1.54, 1.807) is 6.07 Å². The van der Waals surface area contributed by atoms with Crippen LogP contribution in [0.1, 0.15) is 19.0 Å². The molecule has 0 radical (unpaired) electrons. The molecule has 0 spiro atoms. The van der Waals surface area contributed by atoms with E-state index in [-0.39, 0.29) is 11.8 Å². The summed E-state index contributed by atoms with van der Waals surface area (Å²) in [6.45, 7) is 2.01. The van der Waals surface area contributed by atoms with E-state index in [9.17, 15) is 8.42 Å². The van der Waals surface area contributed by atoms with Gasteiger partial charge < -0.3 is 4.74 Å². The number of hydrogen-bond acceptors (Lipinski definition) is 5. The molecule has 0 bridgehead atoms. The summed E-state index contributed by atoms with van der Waals surface area (Å²) < 4.78 is 29.3. The smallest absolute Gasteiger partial charge is 0.318 e. The number of anilines is 1. The molecular formula is C9H15N3O3S. The van der Waals surface area contributed by atoms with Crippen LogP contribution in [0.4, 0.5) is 5.82 Å². The summed E-state index contributed by atoms with van der Waals surface area (Å²) in [6.07, 6.45) is 2.73. The fourth-order valence-electron chi connectivity index (χ4n) is 1.19. The highest BCUT2D eigenvalue weighted by Gasteiger charge is 2.08. The van der Waals surface area contributed by atoms with Crippen molar-refractivity contribution in [3.8, 4) is 6.01 Å². The van der Waals surface area contributed by atoms with Crippen molar-refractivity contribution < 1.29 is 13.2 Å². The maximum atomic E-state index is 11.1. The number of methoxy groups -OCH3 is 1. The SMILES string of the molecule is CCCc1cc(NS(C)(=O)=O)nc(OC)n1. The van der Waals surface area contributed by atoms with Gasteiger partial charge in [-0.25, -0.2) is 13.4 Å². The van der Waals surface area contributed by atoms with Crippen LogP contribution in [0.5, 0.6) is 6.01 Å². The third kappa shape index (κ3) is 4.01. The zero-order chi connectivity index (χ0) is 12.2. The van der Waals surface area contributed by atoms with Gasteiger partial charge in [-0.05, 0) is 6.42 Å². The Bertz CT molecular complexity index is 459. The highest BCUT2D eigenvalue weighted by Crippen LogP contribution is 2.13. The zero-order valence-corrected chi connectivity index (χ0v) is 10.3. The van der Waals surface area contributed by atoms with E-state index in [1.807, 2.05) is 6.92 Å². The Hall–Kier alpha value is -1.37. The number of aromatic nitrogens is 2. The third-order valence-corrected chi connectivity index (χ3v) is 2.32. The summed E-state index contributed by atoms with van der Waals surface area (Å²) in [5, 5.41) is 0. The topological polar surface area (TPSA) is 81.2 Å². The van der Waals surface area contributed by atoms with E-state index in [0.29, 0.717) is 0 Å². The molecule has 0 aliphatic heterocycles. The first-order valence-electron chi connectivity index (χ1n) is 4.84. The molecule has 7 heteroatoms. The maximum Gasteiger partial charge on any atom is 0.318 e. The number of nitrogens with one attached hydrogen (secondary N) is 1. The van der Waals surface area contributed by atoms with Gasteiger partial charge in [0.25, 0.3) is 0 Å². The average molecular weight is 245 g/mol. The second kappa shape index (κ2) is 5.11. The predicted molar refractivity (Wildman–Crippen MR) is 61.0 cm³/mol. The van der Waals surface area contributed by atoms with Crippen molar-refractivity contribution in [2.45, 2.75) is 19.8 Å². The molecule has 0 fully saturated rings. The third-order valence-electron chi connectivity index (χ3n) is 1.74. The van der Waals surface area contributed by atoms with E-state index in [1.165, 1.54) is 7.11 Å². The molecule has 6 nitrogen and oxygen atoms in total. The average Bonchev–Trinajstić information content (AvgIpc) is 2.15. The Morgan fingerprint density at radius 3 is 2.62 bits per heavy atom. The minimum Gasteiger partial charge on any atom is -0.467 e. The fraction of sp³-hybridized carbons (Fsp3) is 0.556. The lowest BCUT2D eigenvalue weighted by Crippen LogP contribution is -2.12. The van der Waals surface area contributed by atoms with Gasteiger partial charge in [0.2, 0.25) is 10.0 Å². The number of sulfonamides is 1. The lowest BCUT2D eigenvalue weighted by Gasteiger charge is -2.07. The molecule has 90 valence electrons. The Labute approximate surface area is 95.1 Å². The predicted octanol–water partition coefficient (Wildman–Crippen LogP) is 0.809. The first-order chi connectivity index (χ1) is 7.44. The van der Waals surface area contributed by atoms with Crippen LogP contribution in [-0.2, 0) is 16.4 Å². The van der Waals surface area contributed by atoms with Crippen molar-refractivity contribution in [3.05, 3.63) is 11.8 Å². The number of hydrogen-bond donors (Lipinski definition) is 1. The minimum absolute atomic E-state index is 0.164. The van der Waals surface area contributed by atoms with E-state index in [0.717, 1.165) is 24.8 Å². The van der Waals surface area contributed by atoms with Crippen molar-refractivity contribution in [2.75, 3.05) is 18.1 Å². The van der Waals surface area contributed by atoms with Crippen molar-refractivity contribution in [1.82, 2.24) is 9.97 Å². The normalized spacial score (nSPS) is 11.2. The lowest BCUT2D eigenvalue weighted by atomic mass is 10.2. The van der Waals surface area contributed by atoms with Gasteiger partial charge in [-0.15, -0.1) is 0 Å². The molecule has 0 unspecified atom stereocenters. The molecule has 1 heterocycles. The van der Waals surface area contributed by atoms with Gasteiger partial charge >= 0.3 is 6.01 Å². The second-order valence-corrected chi connectivity index (χ2v) is 5.10. The largest absolute Gasteiger partial charge is 0.467 e. The molecule has 1 N–H and O–H groups in total. The quantitative estimate of drug-likeness (QED) is 0.830. The summed E-state index contributed by atoms with van der Waals surface area (Å²) in [6, 6.07) is 1.77. The van der Waals surface area contributed by atoms with Crippen molar-refractivity contribution in [3.63, 3.8) is 0 Å². The van der Waals surface area contributed by atoms with Crippen LogP contribution >= 0.6 is 0 Å². The van der Waals surface area contributed by atoms with Gasteiger partial charge in [0.15, 0.2) is 0 Å². The molecule has 1 rings (SSSR count). The maximum absolute atomic E-state index is 11.1. The molecular weight excluding hydrogens is 230 g/mol. The standard InChI is InChI=1S/C9H15N3O3S/c1-4-5-7-6-8(12-16(3,13)14)11-9(10-7)15-2/h6H,4-5H2,1-3H3,(H,10,11,12). The monoisotopic (exact) mass is 245 g/mol. The van der Waals surface area contributed by atoms with Gasteiger partial charge in [0.05, 0.1) is 13.4 Å². The molecule has 1 aromatic heterocycles. The van der Waals surface area contributed by atoms with Crippen LogP contribution in [0.15, 0.2) is 6.07 Å².